The second kappa shape index (κ2) is 5.25. The van der Waals surface area contributed by atoms with E-state index >= 15 is 0 Å². The Hall–Kier alpha value is -0.280. The molecule has 4 fully saturated rings. The van der Waals surface area contributed by atoms with Crippen LogP contribution in [0.2, 0.25) is 0 Å². The molecule has 2 saturated carbocycles. The summed E-state index contributed by atoms with van der Waals surface area (Å²) in [5.74, 6) is 4.06. The van der Waals surface area contributed by atoms with Crippen LogP contribution >= 0.6 is 12.4 Å². The van der Waals surface area contributed by atoms with E-state index in [0.29, 0.717) is 11.8 Å². The lowest BCUT2D eigenvalue weighted by Crippen LogP contribution is -2.44. The molecular formula is C15H25ClN2O. The number of fused-ring (bicyclic) bond motifs is 2. The van der Waals surface area contributed by atoms with Gasteiger partial charge in [-0.2, -0.15) is 0 Å². The highest BCUT2D eigenvalue weighted by atomic mass is 35.5. The summed E-state index contributed by atoms with van der Waals surface area (Å²) in [4.78, 5) is 14.8. The second-order valence-corrected chi connectivity index (χ2v) is 6.89. The predicted molar refractivity (Wildman–Crippen MR) is 77.2 cm³/mol. The maximum Gasteiger partial charge on any atom is 0.226 e. The van der Waals surface area contributed by atoms with Gasteiger partial charge in [0.25, 0.3) is 0 Å². The smallest absolute Gasteiger partial charge is 0.226 e. The Morgan fingerprint density at radius 3 is 2.42 bits per heavy atom. The van der Waals surface area contributed by atoms with E-state index in [9.17, 15) is 4.79 Å². The summed E-state index contributed by atoms with van der Waals surface area (Å²) < 4.78 is 0. The Balaban J connectivity index is 0.00000110. The molecule has 4 atom stereocenters. The average Bonchev–Trinajstić information content (AvgIpc) is 2.95. The van der Waals surface area contributed by atoms with Crippen LogP contribution in [-0.2, 0) is 4.79 Å². The van der Waals surface area contributed by atoms with Crippen molar-refractivity contribution >= 4 is 18.3 Å². The Morgan fingerprint density at radius 2 is 1.68 bits per heavy atom. The first kappa shape index (κ1) is 13.7. The number of hydrogen-bond donors (Lipinski definition) is 1. The Labute approximate surface area is 121 Å². The summed E-state index contributed by atoms with van der Waals surface area (Å²) >= 11 is 0. The Morgan fingerprint density at radius 1 is 1.00 bits per heavy atom. The van der Waals surface area contributed by atoms with Crippen molar-refractivity contribution in [2.24, 2.45) is 29.6 Å². The third-order valence-corrected chi connectivity index (χ3v) is 5.96. The molecule has 19 heavy (non-hydrogen) atoms. The van der Waals surface area contributed by atoms with Gasteiger partial charge in [0.1, 0.15) is 0 Å². The minimum absolute atomic E-state index is 0. The molecule has 4 unspecified atom stereocenters. The third-order valence-electron chi connectivity index (χ3n) is 5.96. The van der Waals surface area contributed by atoms with Crippen molar-refractivity contribution in [3.05, 3.63) is 0 Å². The zero-order chi connectivity index (χ0) is 12.1. The fourth-order valence-corrected chi connectivity index (χ4v) is 4.80. The largest absolute Gasteiger partial charge is 0.342 e. The van der Waals surface area contributed by atoms with Crippen molar-refractivity contribution in [3.8, 4) is 0 Å². The summed E-state index contributed by atoms with van der Waals surface area (Å²) in [5, 5.41) is 3.48. The monoisotopic (exact) mass is 284 g/mol. The lowest BCUT2D eigenvalue weighted by molar-refractivity contribution is -0.135. The minimum Gasteiger partial charge on any atom is -0.342 e. The highest BCUT2D eigenvalue weighted by Gasteiger charge is 2.56. The van der Waals surface area contributed by atoms with Gasteiger partial charge < -0.3 is 10.2 Å². The maximum atomic E-state index is 12.6. The molecule has 0 spiro atoms. The normalized spacial score (nSPS) is 44.0. The molecule has 2 aliphatic carbocycles. The van der Waals surface area contributed by atoms with E-state index < -0.39 is 0 Å². The van der Waals surface area contributed by atoms with Gasteiger partial charge in [0.2, 0.25) is 5.91 Å². The van der Waals surface area contributed by atoms with Gasteiger partial charge in [0, 0.05) is 19.0 Å². The highest BCUT2D eigenvalue weighted by molar-refractivity contribution is 5.85. The van der Waals surface area contributed by atoms with Gasteiger partial charge in [-0.3, -0.25) is 4.79 Å². The number of halogens is 1. The lowest BCUT2D eigenvalue weighted by Gasteiger charge is -2.34. The second-order valence-electron chi connectivity index (χ2n) is 6.89. The van der Waals surface area contributed by atoms with Gasteiger partial charge in [-0.1, -0.05) is 12.8 Å². The molecule has 4 heteroatoms. The fraction of sp³-hybridized carbons (Fsp3) is 0.933. The topological polar surface area (TPSA) is 32.3 Å². The Kier molecular flexibility index (Phi) is 3.78. The zero-order valence-electron chi connectivity index (χ0n) is 11.5. The standard InChI is InChI=1S/C15H24N2O.ClH/c18-15(14-12-3-1-2-4-13(12)14)17-6-5-10-7-16-8-11(10)9-17;/h10-14,16H,1-9H2;1H. The van der Waals surface area contributed by atoms with Crippen LogP contribution in [0.25, 0.3) is 0 Å². The minimum atomic E-state index is 0. The SMILES string of the molecule is Cl.O=C(C1C2CCCCC21)N1CCC2CNCC2C1. The van der Waals surface area contributed by atoms with E-state index in [4.69, 9.17) is 0 Å². The molecule has 2 aliphatic heterocycles. The molecule has 0 radical (unpaired) electrons. The van der Waals surface area contributed by atoms with Crippen LogP contribution in [0.4, 0.5) is 0 Å². The number of carbonyl (C=O) groups is 1. The summed E-state index contributed by atoms with van der Waals surface area (Å²) in [6.07, 6.45) is 6.59. The van der Waals surface area contributed by atoms with E-state index in [1.54, 1.807) is 0 Å². The van der Waals surface area contributed by atoms with Gasteiger partial charge in [0.05, 0.1) is 0 Å². The summed E-state index contributed by atoms with van der Waals surface area (Å²) in [7, 11) is 0. The number of nitrogens with one attached hydrogen (secondary N) is 1. The fourth-order valence-electron chi connectivity index (χ4n) is 4.80. The van der Waals surface area contributed by atoms with Gasteiger partial charge in [0.15, 0.2) is 0 Å². The lowest BCUT2D eigenvalue weighted by atomic mass is 9.88. The number of nitrogens with zero attached hydrogens (tertiary/aromatic N) is 1. The average molecular weight is 285 g/mol. The van der Waals surface area contributed by atoms with Crippen LogP contribution < -0.4 is 5.32 Å². The van der Waals surface area contributed by atoms with E-state index in [1.165, 1.54) is 38.6 Å². The number of carbonyl (C=O) groups excluding carboxylic acids is 1. The molecule has 0 bridgehead atoms. The quantitative estimate of drug-likeness (QED) is 0.798. The molecule has 4 aliphatic rings. The van der Waals surface area contributed by atoms with Crippen molar-refractivity contribution < 1.29 is 4.79 Å². The van der Waals surface area contributed by atoms with E-state index in [2.05, 4.69) is 10.2 Å². The summed E-state index contributed by atoms with van der Waals surface area (Å²) in [6.45, 7) is 4.37. The number of amides is 1. The number of rotatable bonds is 1. The molecule has 1 N–H and O–H groups in total. The summed E-state index contributed by atoms with van der Waals surface area (Å²) in [6, 6.07) is 0. The molecule has 1 amide bonds. The molecule has 0 aromatic rings. The van der Waals surface area contributed by atoms with Gasteiger partial charge in [-0.15, -0.1) is 12.4 Å². The number of likely N-dealkylation sites (tertiary alicyclic amines) is 1. The van der Waals surface area contributed by atoms with Crippen molar-refractivity contribution in [2.75, 3.05) is 26.2 Å². The van der Waals surface area contributed by atoms with Gasteiger partial charge in [-0.05, 0) is 56.0 Å². The maximum absolute atomic E-state index is 12.6. The van der Waals surface area contributed by atoms with Crippen molar-refractivity contribution in [1.82, 2.24) is 10.2 Å². The van der Waals surface area contributed by atoms with Crippen molar-refractivity contribution in [3.63, 3.8) is 0 Å². The van der Waals surface area contributed by atoms with Crippen LogP contribution in [0.5, 0.6) is 0 Å². The van der Waals surface area contributed by atoms with Gasteiger partial charge >= 0.3 is 0 Å². The van der Waals surface area contributed by atoms with E-state index in [0.717, 1.165) is 43.3 Å². The molecule has 4 rings (SSSR count). The van der Waals surface area contributed by atoms with Crippen LogP contribution in [0, 0.1) is 29.6 Å². The number of hydrogen-bond acceptors (Lipinski definition) is 2. The van der Waals surface area contributed by atoms with Crippen LogP contribution in [0.3, 0.4) is 0 Å². The first-order valence-corrected chi connectivity index (χ1v) is 7.84. The molecule has 108 valence electrons. The van der Waals surface area contributed by atoms with Crippen molar-refractivity contribution in [2.45, 2.75) is 32.1 Å². The van der Waals surface area contributed by atoms with Crippen LogP contribution in [0.15, 0.2) is 0 Å². The molecule has 3 nitrogen and oxygen atoms in total. The molecule has 0 aromatic heterocycles. The van der Waals surface area contributed by atoms with Crippen LogP contribution in [-0.4, -0.2) is 37.0 Å². The zero-order valence-corrected chi connectivity index (χ0v) is 12.3. The summed E-state index contributed by atoms with van der Waals surface area (Å²) in [5.41, 5.74) is 0. The highest BCUT2D eigenvalue weighted by Crippen LogP contribution is 2.56. The molecule has 2 heterocycles. The third kappa shape index (κ3) is 2.29. The molecule has 2 saturated heterocycles. The number of piperidine rings is 1. The first-order chi connectivity index (χ1) is 8.84. The molecule has 0 aromatic carbocycles. The van der Waals surface area contributed by atoms with Gasteiger partial charge in [-0.25, -0.2) is 0 Å². The van der Waals surface area contributed by atoms with E-state index in [-0.39, 0.29) is 12.4 Å². The van der Waals surface area contributed by atoms with Crippen LogP contribution in [0.1, 0.15) is 32.1 Å². The predicted octanol–water partition coefficient (Wildman–Crippen LogP) is 1.91. The molecular weight excluding hydrogens is 260 g/mol. The van der Waals surface area contributed by atoms with E-state index in [1.807, 2.05) is 0 Å². The Bertz CT molecular complexity index is 350. The van der Waals surface area contributed by atoms with Crippen molar-refractivity contribution in [1.29, 1.82) is 0 Å². The first-order valence-electron chi connectivity index (χ1n) is 7.84.